The molecule has 1 N–H and O–H groups in total. The van der Waals surface area contributed by atoms with Crippen LogP contribution in [-0.4, -0.2) is 11.6 Å². The number of hydrogen-bond acceptors (Lipinski definition) is 3. The summed E-state index contributed by atoms with van der Waals surface area (Å²) in [5.41, 5.74) is 4.26. The molecule has 1 saturated carbocycles. The van der Waals surface area contributed by atoms with Gasteiger partial charge in [-0.25, -0.2) is 5.43 Å². The van der Waals surface area contributed by atoms with Gasteiger partial charge in [0, 0.05) is 11.6 Å². The summed E-state index contributed by atoms with van der Waals surface area (Å²) < 4.78 is 5.08. The molecule has 2 aliphatic carbocycles. The Morgan fingerprint density at radius 3 is 3.18 bits per heavy atom. The molecule has 3 rings (SSSR count). The van der Waals surface area contributed by atoms with Gasteiger partial charge in [-0.05, 0) is 31.7 Å². The second-order valence-corrected chi connectivity index (χ2v) is 4.57. The first-order valence-corrected chi connectivity index (χ1v) is 5.83. The van der Waals surface area contributed by atoms with Crippen LogP contribution in [0.1, 0.15) is 29.0 Å². The molecular formula is C13H14N2O2. The molecule has 0 unspecified atom stereocenters. The zero-order valence-electron chi connectivity index (χ0n) is 9.64. The van der Waals surface area contributed by atoms with Crippen molar-refractivity contribution in [3.8, 4) is 0 Å². The molecule has 1 heterocycles. The molecule has 0 spiro atoms. The lowest BCUT2D eigenvalue weighted by Gasteiger charge is -2.31. The molecule has 1 fully saturated rings. The number of amides is 1. The van der Waals surface area contributed by atoms with E-state index in [9.17, 15) is 4.79 Å². The Kier molecular flexibility index (Phi) is 2.35. The van der Waals surface area contributed by atoms with Crippen molar-refractivity contribution >= 4 is 11.6 Å². The zero-order valence-corrected chi connectivity index (χ0v) is 9.64. The van der Waals surface area contributed by atoms with Gasteiger partial charge in [0.15, 0.2) is 0 Å². The van der Waals surface area contributed by atoms with Crippen LogP contribution in [0.25, 0.3) is 0 Å². The SMILES string of the molecule is Cc1occc1C(=O)N/N=C1/C[C@H]2C=CC[C@H]12. The van der Waals surface area contributed by atoms with E-state index in [4.69, 9.17) is 4.42 Å². The molecule has 1 amide bonds. The van der Waals surface area contributed by atoms with Crippen molar-refractivity contribution in [2.45, 2.75) is 19.8 Å². The number of hydrogen-bond donors (Lipinski definition) is 1. The molecule has 0 aliphatic heterocycles. The Balaban J connectivity index is 1.64. The number of carbonyl (C=O) groups is 1. The Morgan fingerprint density at radius 1 is 1.59 bits per heavy atom. The summed E-state index contributed by atoms with van der Waals surface area (Å²) in [6.07, 6.45) is 7.99. The fraction of sp³-hybridized carbons (Fsp3) is 0.385. The first kappa shape index (κ1) is 10.3. The van der Waals surface area contributed by atoms with Crippen LogP contribution in [0.3, 0.4) is 0 Å². The highest BCUT2D eigenvalue weighted by Gasteiger charge is 2.38. The highest BCUT2D eigenvalue weighted by atomic mass is 16.3. The number of nitrogens with one attached hydrogen (secondary N) is 1. The highest BCUT2D eigenvalue weighted by Crippen LogP contribution is 2.40. The lowest BCUT2D eigenvalue weighted by molar-refractivity contribution is 0.0952. The number of furan rings is 1. The van der Waals surface area contributed by atoms with Gasteiger partial charge in [0.1, 0.15) is 5.76 Å². The Bertz CT molecular complexity index is 513. The number of aryl methyl sites for hydroxylation is 1. The maximum atomic E-state index is 11.8. The fourth-order valence-corrected chi connectivity index (χ4v) is 2.47. The number of fused-ring (bicyclic) bond motifs is 1. The first-order valence-electron chi connectivity index (χ1n) is 5.83. The van der Waals surface area contributed by atoms with Gasteiger partial charge in [-0.1, -0.05) is 12.2 Å². The summed E-state index contributed by atoms with van der Waals surface area (Å²) in [6, 6.07) is 1.66. The van der Waals surface area contributed by atoms with Crippen LogP contribution in [-0.2, 0) is 0 Å². The van der Waals surface area contributed by atoms with Gasteiger partial charge < -0.3 is 4.42 Å². The summed E-state index contributed by atoms with van der Waals surface area (Å²) in [5.74, 6) is 1.61. The summed E-state index contributed by atoms with van der Waals surface area (Å²) in [5, 5.41) is 4.20. The van der Waals surface area contributed by atoms with Crippen LogP contribution in [0.4, 0.5) is 0 Å². The molecule has 1 aromatic rings. The summed E-state index contributed by atoms with van der Waals surface area (Å²) >= 11 is 0. The number of rotatable bonds is 2. The van der Waals surface area contributed by atoms with E-state index in [0.717, 1.165) is 18.6 Å². The third kappa shape index (κ3) is 1.69. The molecule has 1 aromatic heterocycles. The Labute approximate surface area is 99.4 Å². The number of nitrogens with zero attached hydrogens (tertiary/aromatic N) is 1. The smallest absolute Gasteiger partial charge is 0.274 e. The van der Waals surface area contributed by atoms with Gasteiger partial charge >= 0.3 is 0 Å². The predicted octanol–water partition coefficient (Wildman–Crippen LogP) is 2.27. The topological polar surface area (TPSA) is 54.6 Å². The molecule has 0 aromatic carbocycles. The van der Waals surface area contributed by atoms with Crippen molar-refractivity contribution in [1.82, 2.24) is 5.43 Å². The van der Waals surface area contributed by atoms with Crippen LogP contribution < -0.4 is 5.43 Å². The Hall–Kier alpha value is -1.84. The summed E-state index contributed by atoms with van der Waals surface area (Å²) in [7, 11) is 0. The zero-order chi connectivity index (χ0) is 11.8. The normalized spacial score (nSPS) is 27.9. The minimum Gasteiger partial charge on any atom is -0.469 e. The van der Waals surface area contributed by atoms with E-state index in [1.807, 2.05) is 0 Å². The highest BCUT2D eigenvalue weighted by molar-refractivity contribution is 5.98. The van der Waals surface area contributed by atoms with Gasteiger partial charge in [0.05, 0.1) is 11.8 Å². The monoisotopic (exact) mass is 230 g/mol. The molecule has 88 valence electrons. The number of hydrazone groups is 1. The van der Waals surface area contributed by atoms with E-state index in [1.165, 1.54) is 6.26 Å². The molecule has 0 bridgehead atoms. The molecule has 2 atom stereocenters. The van der Waals surface area contributed by atoms with Crippen molar-refractivity contribution in [2.75, 3.05) is 0 Å². The van der Waals surface area contributed by atoms with Crippen LogP contribution in [0, 0.1) is 18.8 Å². The van der Waals surface area contributed by atoms with Gasteiger partial charge in [-0.15, -0.1) is 0 Å². The third-order valence-electron chi connectivity index (χ3n) is 3.57. The summed E-state index contributed by atoms with van der Waals surface area (Å²) in [6.45, 7) is 1.77. The minimum absolute atomic E-state index is 0.196. The van der Waals surface area contributed by atoms with E-state index < -0.39 is 0 Å². The standard InChI is InChI=1S/C13H14N2O2/c1-8-10(5-6-17-8)13(16)15-14-12-7-9-3-2-4-11(9)12/h2-3,5-6,9,11H,4,7H2,1H3,(H,15,16)/b14-12-/t9-,11+/m1/s1. The van der Waals surface area contributed by atoms with E-state index in [-0.39, 0.29) is 5.91 Å². The maximum Gasteiger partial charge on any atom is 0.274 e. The second-order valence-electron chi connectivity index (χ2n) is 4.57. The van der Waals surface area contributed by atoms with Gasteiger partial charge in [-0.3, -0.25) is 4.79 Å². The number of allylic oxidation sites excluding steroid dienone is 2. The molecule has 4 nitrogen and oxygen atoms in total. The van der Waals surface area contributed by atoms with Crippen LogP contribution in [0.2, 0.25) is 0 Å². The molecular weight excluding hydrogens is 216 g/mol. The quantitative estimate of drug-likeness (QED) is 0.626. The molecule has 2 aliphatic rings. The average molecular weight is 230 g/mol. The van der Waals surface area contributed by atoms with E-state index in [1.54, 1.807) is 13.0 Å². The van der Waals surface area contributed by atoms with Crippen molar-refractivity contribution in [3.63, 3.8) is 0 Å². The lowest BCUT2D eigenvalue weighted by Crippen LogP contribution is -2.35. The van der Waals surface area contributed by atoms with Crippen molar-refractivity contribution in [3.05, 3.63) is 35.8 Å². The minimum atomic E-state index is -0.196. The predicted molar refractivity (Wildman–Crippen MR) is 63.7 cm³/mol. The van der Waals surface area contributed by atoms with E-state index in [0.29, 0.717) is 23.2 Å². The van der Waals surface area contributed by atoms with Crippen molar-refractivity contribution in [1.29, 1.82) is 0 Å². The van der Waals surface area contributed by atoms with Crippen LogP contribution >= 0.6 is 0 Å². The molecule has 17 heavy (non-hydrogen) atoms. The lowest BCUT2D eigenvalue weighted by atomic mass is 9.74. The fourth-order valence-electron chi connectivity index (χ4n) is 2.47. The van der Waals surface area contributed by atoms with Crippen molar-refractivity contribution in [2.24, 2.45) is 16.9 Å². The van der Waals surface area contributed by atoms with Gasteiger partial charge in [0.25, 0.3) is 5.91 Å². The maximum absolute atomic E-state index is 11.8. The second kappa shape index (κ2) is 3.87. The third-order valence-corrected chi connectivity index (χ3v) is 3.57. The molecule has 0 radical (unpaired) electrons. The largest absolute Gasteiger partial charge is 0.469 e. The van der Waals surface area contributed by atoms with E-state index in [2.05, 4.69) is 22.7 Å². The first-order chi connectivity index (χ1) is 8.25. The molecule has 4 heteroatoms. The van der Waals surface area contributed by atoms with Crippen LogP contribution in [0.15, 0.2) is 34.0 Å². The molecule has 0 saturated heterocycles. The van der Waals surface area contributed by atoms with Crippen LogP contribution in [0.5, 0.6) is 0 Å². The summed E-state index contributed by atoms with van der Waals surface area (Å²) in [4.78, 5) is 11.8. The average Bonchev–Trinajstić information content (AvgIpc) is 2.86. The van der Waals surface area contributed by atoms with Gasteiger partial charge in [0.2, 0.25) is 0 Å². The number of carbonyl (C=O) groups excluding carboxylic acids is 1. The van der Waals surface area contributed by atoms with Crippen molar-refractivity contribution < 1.29 is 9.21 Å². The Morgan fingerprint density at radius 2 is 2.47 bits per heavy atom. The van der Waals surface area contributed by atoms with E-state index >= 15 is 0 Å². The van der Waals surface area contributed by atoms with Gasteiger partial charge in [-0.2, -0.15) is 5.10 Å².